The van der Waals surface area contributed by atoms with Gasteiger partial charge in [-0.3, -0.25) is 0 Å². The number of amidine groups is 1. The first-order valence-electron chi connectivity index (χ1n) is 4.11. The summed E-state index contributed by atoms with van der Waals surface area (Å²) in [5, 5.41) is 24.2. The molecule has 0 aromatic heterocycles. The molecule has 1 unspecified atom stereocenters. The van der Waals surface area contributed by atoms with Crippen LogP contribution < -0.4 is 0 Å². The summed E-state index contributed by atoms with van der Waals surface area (Å²) in [4.78, 5) is 0. The molecular weight excluding hydrogens is 170 g/mol. The molecule has 0 amide bonds. The number of aliphatic hydroxyl groups excluding tert-OH is 1. The van der Waals surface area contributed by atoms with Gasteiger partial charge in [0.15, 0.2) is 5.84 Å². The largest absolute Gasteiger partial charge is 0.354 e. The molecule has 0 spiro atoms. The van der Waals surface area contributed by atoms with Crippen LogP contribution in [-0.4, -0.2) is 33.4 Å². The van der Waals surface area contributed by atoms with Crippen molar-refractivity contribution < 1.29 is 5.11 Å². The Bertz CT molecular complexity index is 295. The van der Waals surface area contributed by atoms with Gasteiger partial charge in [-0.1, -0.05) is 5.22 Å². The molecule has 0 radical (unpaired) electrons. The predicted molar refractivity (Wildman–Crippen MR) is 46.3 cm³/mol. The molecular formula is C7H11N5O. The third-order valence-corrected chi connectivity index (χ3v) is 1.88. The SMILES string of the molecule is CC(C)N1N=C2C=CN=NN2C1O. The van der Waals surface area contributed by atoms with Crippen LogP contribution in [0.25, 0.3) is 0 Å². The van der Waals surface area contributed by atoms with Crippen molar-refractivity contribution in [3.8, 4) is 0 Å². The normalized spacial score (nSPS) is 25.5. The lowest BCUT2D eigenvalue weighted by molar-refractivity contribution is -0.0754. The van der Waals surface area contributed by atoms with Crippen molar-refractivity contribution in [2.24, 2.45) is 15.4 Å². The van der Waals surface area contributed by atoms with Crippen LogP contribution in [0.5, 0.6) is 0 Å². The van der Waals surface area contributed by atoms with Gasteiger partial charge in [-0.25, -0.2) is 5.01 Å². The molecule has 0 saturated carbocycles. The molecule has 1 atom stereocenters. The van der Waals surface area contributed by atoms with E-state index < -0.39 is 6.35 Å². The van der Waals surface area contributed by atoms with Crippen molar-refractivity contribution >= 4 is 5.84 Å². The molecule has 0 saturated heterocycles. The Morgan fingerprint density at radius 3 is 2.92 bits per heavy atom. The van der Waals surface area contributed by atoms with E-state index in [2.05, 4.69) is 15.4 Å². The second-order valence-corrected chi connectivity index (χ2v) is 3.14. The van der Waals surface area contributed by atoms with Crippen molar-refractivity contribution in [2.75, 3.05) is 0 Å². The van der Waals surface area contributed by atoms with Crippen LogP contribution in [0.4, 0.5) is 0 Å². The number of nitrogens with zero attached hydrogens (tertiary/aromatic N) is 5. The summed E-state index contributed by atoms with van der Waals surface area (Å²) in [7, 11) is 0. The van der Waals surface area contributed by atoms with Crippen LogP contribution in [0.15, 0.2) is 27.7 Å². The van der Waals surface area contributed by atoms with E-state index in [1.165, 1.54) is 5.01 Å². The smallest absolute Gasteiger partial charge is 0.246 e. The quantitative estimate of drug-likeness (QED) is 0.640. The maximum Gasteiger partial charge on any atom is 0.246 e. The number of aliphatic hydroxyl groups is 1. The van der Waals surface area contributed by atoms with Gasteiger partial charge in [0.25, 0.3) is 0 Å². The van der Waals surface area contributed by atoms with Crippen LogP contribution in [0.2, 0.25) is 0 Å². The highest BCUT2D eigenvalue weighted by Gasteiger charge is 2.34. The van der Waals surface area contributed by atoms with Gasteiger partial charge in [-0.2, -0.15) is 10.1 Å². The van der Waals surface area contributed by atoms with Crippen LogP contribution >= 0.6 is 0 Å². The van der Waals surface area contributed by atoms with Crippen molar-refractivity contribution in [3.63, 3.8) is 0 Å². The zero-order valence-electron chi connectivity index (χ0n) is 7.49. The number of fused-ring (bicyclic) bond motifs is 1. The molecule has 0 aromatic carbocycles. The van der Waals surface area contributed by atoms with Gasteiger partial charge in [-0.05, 0) is 13.8 Å². The van der Waals surface area contributed by atoms with Crippen molar-refractivity contribution in [1.82, 2.24) is 10.0 Å². The molecule has 0 aromatic rings. The van der Waals surface area contributed by atoms with Gasteiger partial charge < -0.3 is 5.11 Å². The average Bonchev–Trinajstić information content (AvgIpc) is 2.45. The first-order valence-corrected chi connectivity index (χ1v) is 4.11. The van der Waals surface area contributed by atoms with E-state index in [4.69, 9.17) is 0 Å². The molecule has 2 aliphatic rings. The fraction of sp³-hybridized carbons (Fsp3) is 0.571. The molecule has 0 aliphatic carbocycles. The Kier molecular flexibility index (Phi) is 1.77. The predicted octanol–water partition coefficient (Wildman–Crippen LogP) is 0.496. The lowest BCUT2D eigenvalue weighted by Gasteiger charge is -2.25. The Labute approximate surface area is 75.8 Å². The van der Waals surface area contributed by atoms with Gasteiger partial charge in [0.2, 0.25) is 6.35 Å². The topological polar surface area (TPSA) is 63.8 Å². The van der Waals surface area contributed by atoms with Gasteiger partial charge in [-0.15, -0.1) is 5.11 Å². The van der Waals surface area contributed by atoms with Crippen molar-refractivity contribution in [3.05, 3.63) is 12.3 Å². The molecule has 70 valence electrons. The molecule has 6 nitrogen and oxygen atoms in total. The maximum atomic E-state index is 9.70. The Morgan fingerprint density at radius 2 is 2.31 bits per heavy atom. The van der Waals surface area contributed by atoms with Gasteiger partial charge in [0.05, 0.1) is 6.20 Å². The number of hydrogen-bond donors (Lipinski definition) is 1. The Hall–Kier alpha value is -1.43. The molecule has 2 rings (SSSR count). The van der Waals surface area contributed by atoms with Gasteiger partial charge >= 0.3 is 0 Å². The van der Waals surface area contributed by atoms with E-state index in [0.717, 1.165) is 0 Å². The highest BCUT2D eigenvalue weighted by molar-refractivity contribution is 5.93. The van der Waals surface area contributed by atoms with Gasteiger partial charge in [0, 0.05) is 12.1 Å². The molecule has 1 N–H and O–H groups in total. The Balaban J connectivity index is 2.26. The zero-order valence-corrected chi connectivity index (χ0v) is 7.49. The summed E-state index contributed by atoms with van der Waals surface area (Å²) in [5.74, 6) is 0.621. The number of hydrogen-bond acceptors (Lipinski definition) is 6. The third-order valence-electron chi connectivity index (χ3n) is 1.88. The minimum Gasteiger partial charge on any atom is -0.354 e. The summed E-state index contributed by atoms with van der Waals surface area (Å²) in [6.45, 7) is 3.90. The molecule has 6 heteroatoms. The van der Waals surface area contributed by atoms with E-state index in [-0.39, 0.29) is 6.04 Å². The summed E-state index contributed by atoms with van der Waals surface area (Å²) in [6, 6.07) is 0.136. The second kappa shape index (κ2) is 2.81. The average molecular weight is 181 g/mol. The highest BCUT2D eigenvalue weighted by atomic mass is 16.3. The second-order valence-electron chi connectivity index (χ2n) is 3.14. The van der Waals surface area contributed by atoms with E-state index >= 15 is 0 Å². The van der Waals surface area contributed by atoms with Crippen LogP contribution in [0.3, 0.4) is 0 Å². The standard InChI is InChI=1S/C7H11N5O/c1-5(2)11-7(13)12-6(9-11)3-4-8-10-12/h3-5,7,13H,1-2H3. The van der Waals surface area contributed by atoms with E-state index in [9.17, 15) is 5.11 Å². The monoisotopic (exact) mass is 181 g/mol. The van der Waals surface area contributed by atoms with Crippen molar-refractivity contribution in [2.45, 2.75) is 26.2 Å². The molecule has 13 heavy (non-hydrogen) atoms. The number of rotatable bonds is 1. The third kappa shape index (κ3) is 1.19. The first kappa shape index (κ1) is 8.18. The molecule has 2 heterocycles. The van der Waals surface area contributed by atoms with Gasteiger partial charge in [0.1, 0.15) is 0 Å². The minimum atomic E-state index is -0.830. The molecule has 0 bridgehead atoms. The lowest BCUT2D eigenvalue weighted by Crippen LogP contribution is -2.41. The van der Waals surface area contributed by atoms with Crippen LogP contribution in [0.1, 0.15) is 13.8 Å². The maximum absolute atomic E-state index is 9.70. The molecule has 2 aliphatic heterocycles. The molecule has 0 fully saturated rings. The lowest BCUT2D eigenvalue weighted by atomic mass is 10.4. The number of hydrazone groups is 1. The van der Waals surface area contributed by atoms with E-state index in [1.807, 2.05) is 13.8 Å². The van der Waals surface area contributed by atoms with E-state index in [1.54, 1.807) is 17.3 Å². The van der Waals surface area contributed by atoms with E-state index in [0.29, 0.717) is 5.84 Å². The van der Waals surface area contributed by atoms with Crippen LogP contribution in [-0.2, 0) is 0 Å². The highest BCUT2D eigenvalue weighted by Crippen LogP contribution is 2.20. The Morgan fingerprint density at radius 1 is 1.54 bits per heavy atom. The van der Waals surface area contributed by atoms with Crippen LogP contribution in [0, 0.1) is 0 Å². The fourth-order valence-electron chi connectivity index (χ4n) is 1.22. The summed E-state index contributed by atoms with van der Waals surface area (Å²) in [6.07, 6.45) is 2.42. The van der Waals surface area contributed by atoms with Crippen molar-refractivity contribution in [1.29, 1.82) is 0 Å². The fourth-order valence-corrected chi connectivity index (χ4v) is 1.22. The minimum absolute atomic E-state index is 0.136. The summed E-state index contributed by atoms with van der Waals surface area (Å²) >= 11 is 0. The summed E-state index contributed by atoms with van der Waals surface area (Å²) < 4.78 is 0. The zero-order chi connectivity index (χ0) is 9.42. The summed E-state index contributed by atoms with van der Waals surface area (Å²) in [5.41, 5.74) is 0. The first-order chi connectivity index (χ1) is 6.20.